The van der Waals surface area contributed by atoms with Crippen LogP contribution in [-0.4, -0.2) is 7.11 Å². The van der Waals surface area contributed by atoms with Gasteiger partial charge in [-0.1, -0.05) is 47.6 Å². The van der Waals surface area contributed by atoms with Gasteiger partial charge in [0.2, 0.25) is 0 Å². The first-order valence-corrected chi connectivity index (χ1v) is 6.97. The van der Waals surface area contributed by atoms with Gasteiger partial charge in [-0.25, -0.2) is 0 Å². The van der Waals surface area contributed by atoms with Gasteiger partial charge in [-0.2, -0.15) is 0 Å². The Labute approximate surface area is 118 Å². The van der Waals surface area contributed by atoms with Gasteiger partial charge in [0.25, 0.3) is 0 Å². The first-order chi connectivity index (χ1) is 8.48. The molecule has 0 aliphatic heterocycles. The molecule has 0 saturated carbocycles. The van der Waals surface area contributed by atoms with Crippen molar-refractivity contribution in [2.24, 2.45) is 5.73 Å². The Morgan fingerprint density at radius 3 is 1.84 bits per heavy atom. The molecule has 2 nitrogen and oxygen atoms in total. The molecule has 2 N–H and O–H groups in total. The molecule has 0 amide bonds. The summed E-state index contributed by atoms with van der Waals surface area (Å²) in [5.41, 5.74) is 9.92. The number of hydrogen-bond acceptors (Lipinski definition) is 2. The van der Waals surface area contributed by atoms with Crippen molar-refractivity contribution >= 4 is 0 Å². The summed E-state index contributed by atoms with van der Waals surface area (Å²) in [6.07, 6.45) is 0. The van der Waals surface area contributed by atoms with Crippen LogP contribution in [0.2, 0.25) is 0 Å². The third-order valence-electron chi connectivity index (χ3n) is 3.49. The van der Waals surface area contributed by atoms with Crippen molar-refractivity contribution in [1.82, 2.24) is 0 Å². The van der Waals surface area contributed by atoms with E-state index in [0.717, 1.165) is 11.3 Å². The number of methoxy groups -OCH3 is 1. The molecule has 0 aliphatic rings. The molecule has 0 spiro atoms. The molecule has 0 aromatic heterocycles. The van der Waals surface area contributed by atoms with Gasteiger partial charge in [-0.15, -0.1) is 0 Å². The number of nitrogens with two attached hydrogens (primary N) is 1. The van der Waals surface area contributed by atoms with E-state index in [4.69, 9.17) is 10.5 Å². The van der Waals surface area contributed by atoms with Gasteiger partial charge < -0.3 is 10.5 Å². The Morgan fingerprint density at radius 2 is 1.53 bits per heavy atom. The second-order valence-electron chi connectivity index (χ2n) is 7.43. The molecule has 1 aromatic carbocycles. The SMILES string of the molecule is COc1c(C(C)N)cc(C(C)(C)C)cc1C(C)(C)C. The van der Waals surface area contributed by atoms with Crippen molar-refractivity contribution in [3.63, 3.8) is 0 Å². The second kappa shape index (κ2) is 5.16. The quantitative estimate of drug-likeness (QED) is 0.863. The highest BCUT2D eigenvalue weighted by molar-refractivity contribution is 5.50. The van der Waals surface area contributed by atoms with E-state index in [1.165, 1.54) is 11.1 Å². The molecular formula is C17H29NO. The van der Waals surface area contributed by atoms with Crippen LogP contribution in [0.5, 0.6) is 5.75 Å². The van der Waals surface area contributed by atoms with Crippen LogP contribution < -0.4 is 10.5 Å². The predicted octanol–water partition coefficient (Wildman–Crippen LogP) is 4.31. The zero-order chi connectivity index (χ0) is 15.0. The molecule has 0 fully saturated rings. The highest BCUT2D eigenvalue weighted by Gasteiger charge is 2.26. The van der Waals surface area contributed by atoms with Crippen LogP contribution in [0.15, 0.2) is 12.1 Å². The first-order valence-electron chi connectivity index (χ1n) is 6.97. The maximum atomic E-state index is 6.13. The molecule has 1 unspecified atom stereocenters. The highest BCUT2D eigenvalue weighted by Crippen LogP contribution is 2.39. The predicted molar refractivity (Wildman–Crippen MR) is 83.0 cm³/mol. The van der Waals surface area contributed by atoms with Crippen molar-refractivity contribution in [1.29, 1.82) is 0 Å². The number of rotatable bonds is 2. The molecule has 2 heteroatoms. The van der Waals surface area contributed by atoms with Crippen molar-refractivity contribution in [2.45, 2.75) is 65.3 Å². The maximum Gasteiger partial charge on any atom is 0.127 e. The van der Waals surface area contributed by atoms with Crippen LogP contribution in [0, 0.1) is 0 Å². The summed E-state index contributed by atoms with van der Waals surface area (Å²) in [6.45, 7) is 15.3. The zero-order valence-electron chi connectivity index (χ0n) is 13.7. The van der Waals surface area contributed by atoms with Gasteiger partial charge in [0.15, 0.2) is 0 Å². The fourth-order valence-electron chi connectivity index (χ4n) is 2.21. The monoisotopic (exact) mass is 263 g/mol. The summed E-state index contributed by atoms with van der Waals surface area (Å²) < 4.78 is 5.65. The molecule has 1 atom stereocenters. The molecule has 19 heavy (non-hydrogen) atoms. The number of benzene rings is 1. The van der Waals surface area contributed by atoms with E-state index in [0.29, 0.717) is 0 Å². The standard InChI is InChI=1S/C17H29NO/c1-11(18)13-9-12(16(2,3)4)10-14(15(13)19-8)17(5,6)7/h9-11H,18H2,1-8H3. The minimum atomic E-state index is -0.0293. The normalized spacial score (nSPS) is 14.4. The van der Waals surface area contributed by atoms with E-state index >= 15 is 0 Å². The molecular weight excluding hydrogens is 234 g/mol. The summed E-state index contributed by atoms with van der Waals surface area (Å²) in [6, 6.07) is 4.43. The fourth-order valence-corrected chi connectivity index (χ4v) is 2.21. The van der Waals surface area contributed by atoms with Gasteiger partial charge in [0.1, 0.15) is 5.75 Å². The summed E-state index contributed by atoms with van der Waals surface area (Å²) in [5, 5.41) is 0. The van der Waals surface area contributed by atoms with E-state index < -0.39 is 0 Å². The van der Waals surface area contributed by atoms with Crippen LogP contribution >= 0.6 is 0 Å². The van der Waals surface area contributed by atoms with E-state index in [-0.39, 0.29) is 16.9 Å². The lowest BCUT2D eigenvalue weighted by Crippen LogP contribution is -2.20. The molecule has 1 rings (SSSR count). The third kappa shape index (κ3) is 3.50. The third-order valence-corrected chi connectivity index (χ3v) is 3.49. The van der Waals surface area contributed by atoms with Gasteiger partial charge in [-0.05, 0) is 29.4 Å². The van der Waals surface area contributed by atoms with E-state index in [1.807, 2.05) is 6.92 Å². The Balaban J connectivity index is 3.65. The van der Waals surface area contributed by atoms with E-state index in [9.17, 15) is 0 Å². The van der Waals surface area contributed by atoms with Crippen LogP contribution in [-0.2, 0) is 10.8 Å². The lowest BCUT2D eigenvalue weighted by molar-refractivity contribution is 0.388. The van der Waals surface area contributed by atoms with Crippen LogP contribution in [0.1, 0.15) is 71.2 Å². The van der Waals surface area contributed by atoms with Gasteiger partial charge >= 0.3 is 0 Å². The van der Waals surface area contributed by atoms with Crippen molar-refractivity contribution in [3.05, 3.63) is 28.8 Å². The van der Waals surface area contributed by atoms with Crippen LogP contribution in [0.3, 0.4) is 0 Å². The van der Waals surface area contributed by atoms with Gasteiger partial charge in [0, 0.05) is 17.2 Å². The van der Waals surface area contributed by atoms with Crippen molar-refractivity contribution < 1.29 is 4.74 Å². The molecule has 0 saturated heterocycles. The van der Waals surface area contributed by atoms with Gasteiger partial charge in [-0.3, -0.25) is 0 Å². The lowest BCUT2D eigenvalue weighted by atomic mass is 9.78. The Hall–Kier alpha value is -1.02. The van der Waals surface area contributed by atoms with Crippen LogP contribution in [0.4, 0.5) is 0 Å². The zero-order valence-corrected chi connectivity index (χ0v) is 13.7. The molecule has 0 bridgehead atoms. The minimum absolute atomic E-state index is 0.0293. The van der Waals surface area contributed by atoms with Crippen LogP contribution in [0.25, 0.3) is 0 Å². The van der Waals surface area contributed by atoms with E-state index in [1.54, 1.807) is 7.11 Å². The minimum Gasteiger partial charge on any atom is -0.496 e. The topological polar surface area (TPSA) is 35.2 Å². The smallest absolute Gasteiger partial charge is 0.127 e. The highest BCUT2D eigenvalue weighted by atomic mass is 16.5. The van der Waals surface area contributed by atoms with Crippen molar-refractivity contribution in [2.75, 3.05) is 7.11 Å². The first kappa shape index (κ1) is 16.0. The molecule has 0 aliphatic carbocycles. The molecule has 0 radical (unpaired) electrons. The summed E-state index contributed by atoms with van der Waals surface area (Å²) >= 11 is 0. The summed E-state index contributed by atoms with van der Waals surface area (Å²) in [5.74, 6) is 0.940. The summed E-state index contributed by atoms with van der Waals surface area (Å²) in [4.78, 5) is 0. The number of hydrogen-bond donors (Lipinski definition) is 1. The molecule has 108 valence electrons. The largest absolute Gasteiger partial charge is 0.496 e. The number of ether oxygens (including phenoxy) is 1. The Kier molecular flexibility index (Phi) is 4.36. The summed E-state index contributed by atoms with van der Waals surface area (Å²) in [7, 11) is 1.73. The Morgan fingerprint density at radius 1 is 1.00 bits per heavy atom. The van der Waals surface area contributed by atoms with Gasteiger partial charge in [0.05, 0.1) is 7.11 Å². The van der Waals surface area contributed by atoms with Crippen molar-refractivity contribution in [3.8, 4) is 5.75 Å². The van der Waals surface area contributed by atoms with E-state index in [2.05, 4.69) is 53.7 Å². The molecule has 0 heterocycles. The maximum absolute atomic E-state index is 6.13. The average Bonchev–Trinajstić information content (AvgIpc) is 2.24. The Bertz CT molecular complexity index is 448. The molecule has 1 aromatic rings. The average molecular weight is 263 g/mol. The fraction of sp³-hybridized carbons (Fsp3) is 0.647. The second-order valence-corrected chi connectivity index (χ2v) is 7.43. The lowest BCUT2D eigenvalue weighted by Gasteiger charge is -2.29.